The number of halogens is 3. The van der Waals surface area contributed by atoms with Gasteiger partial charge in [-0.1, -0.05) is 24.3 Å². The Bertz CT molecular complexity index is 1010. The van der Waals surface area contributed by atoms with Gasteiger partial charge < -0.3 is 16.4 Å². The molecule has 0 saturated carbocycles. The number of nitrogens with two attached hydrogens (primary N) is 1. The van der Waals surface area contributed by atoms with Gasteiger partial charge in [0.1, 0.15) is 0 Å². The van der Waals surface area contributed by atoms with E-state index in [0.29, 0.717) is 19.0 Å². The first kappa shape index (κ1) is 21.3. The number of sulfone groups is 1. The lowest BCUT2D eigenvalue weighted by Gasteiger charge is -2.15. The van der Waals surface area contributed by atoms with Crippen LogP contribution in [0, 0.1) is 0 Å². The van der Waals surface area contributed by atoms with E-state index in [1.54, 1.807) is 6.07 Å². The summed E-state index contributed by atoms with van der Waals surface area (Å²) in [5.74, 6) is -0.316. The van der Waals surface area contributed by atoms with Gasteiger partial charge in [-0.25, -0.2) is 8.42 Å². The molecule has 1 aliphatic rings. The highest BCUT2D eigenvalue weighted by atomic mass is 32.2. The van der Waals surface area contributed by atoms with E-state index in [1.165, 1.54) is 18.2 Å². The van der Waals surface area contributed by atoms with Crippen LogP contribution in [0.1, 0.15) is 17.5 Å². The number of amides is 1. The Balaban J connectivity index is 1.85. The molecule has 1 amide bonds. The van der Waals surface area contributed by atoms with Crippen LogP contribution in [0.5, 0.6) is 0 Å². The molecule has 1 saturated heterocycles. The molecular formula is C19H20F3N3O3S. The normalized spacial score (nSPS) is 19.9. The average Bonchev–Trinajstić information content (AvgIpc) is 3.12. The predicted molar refractivity (Wildman–Crippen MR) is 99.6 cm³/mol. The highest BCUT2D eigenvalue weighted by Crippen LogP contribution is 2.32. The zero-order valence-corrected chi connectivity index (χ0v) is 16.1. The van der Waals surface area contributed by atoms with E-state index >= 15 is 0 Å². The van der Waals surface area contributed by atoms with Crippen molar-refractivity contribution in [3.63, 3.8) is 0 Å². The summed E-state index contributed by atoms with van der Waals surface area (Å²) in [6.07, 6.45) is -4.19. The van der Waals surface area contributed by atoms with Crippen molar-refractivity contribution in [2.24, 2.45) is 5.73 Å². The predicted octanol–water partition coefficient (Wildman–Crippen LogP) is 1.84. The third-order valence-electron chi connectivity index (χ3n) is 4.67. The van der Waals surface area contributed by atoms with Gasteiger partial charge in [-0.2, -0.15) is 13.2 Å². The van der Waals surface area contributed by atoms with Crippen LogP contribution in [0.2, 0.25) is 0 Å². The fraction of sp³-hybridized carbons (Fsp3) is 0.316. The van der Waals surface area contributed by atoms with E-state index in [0.717, 1.165) is 18.2 Å². The van der Waals surface area contributed by atoms with Crippen LogP contribution >= 0.6 is 0 Å². The van der Waals surface area contributed by atoms with Gasteiger partial charge in [-0.15, -0.1) is 0 Å². The van der Waals surface area contributed by atoms with Crippen molar-refractivity contribution >= 4 is 15.7 Å². The van der Waals surface area contributed by atoms with E-state index in [4.69, 9.17) is 5.73 Å². The molecule has 4 N–H and O–H groups in total. The topological polar surface area (TPSA) is 101 Å². The molecule has 6 nitrogen and oxygen atoms in total. The number of hydrogen-bond donors (Lipinski definition) is 3. The highest BCUT2D eigenvalue weighted by molar-refractivity contribution is 7.91. The van der Waals surface area contributed by atoms with Crippen LogP contribution in [0.4, 0.5) is 13.2 Å². The van der Waals surface area contributed by atoms with Crippen molar-refractivity contribution in [2.75, 3.05) is 6.54 Å². The Morgan fingerprint density at radius 3 is 2.55 bits per heavy atom. The maximum Gasteiger partial charge on any atom is 0.416 e. The average molecular weight is 427 g/mol. The standard InChI is InChI=1S/C19H20F3N3O3S/c20-19(21,22)13-5-3-6-15(8-13)29(27,28)17-7-2-1-4-12(17)10-25-18(26)16-9-14(23)11-24-16/h1-8,14,16,24H,9-11,23H2,(H,25,26). The zero-order chi connectivity index (χ0) is 21.2. The van der Waals surface area contributed by atoms with Crippen LogP contribution in [0.25, 0.3) is 0 Å². The molecule has 2 unspecified atom stereocenters. The lowest BCUT2D eigenvalue weighted by Crippen LogP contribution is -2.40. The molecule has 2 atom stereocenters. The molecule has 1 fully saturated rings. The van der Waals surface area contributed by atoms with Gasteiger partial charge in [-0.05, 0) is 36.2 Å². The SMILES string of the molecule is NC1CNC(C(=O)NCc2ccccc2S(=O)(=O)c2cccc(C(F)(F)F)c2)C1. The van der Waals surface area contributed by atoms with E-state index in [9.17, 15) is 26.4 Å². The fourth-order valence-corrected chi connectivity index (χ4v) is 4.68. The molecule has 10 heteroatoms. The van der Waals surface area contributed by atoms with Crippen LogP contribution in [-0.4, -0.2) is 33.0 Å². The lowest BCUT2D eigenvalue weighted by molar-refractivity contribution is -0.137. The van der Waals surface area contributed by atoms with Crippen LogP contribution < -0.4 is 16.4 Å². The first-order chi connectivity index (χ1) is 13.6. The first-order valence-corrected chi connectivity index (χ1v) is 10.3. The Hall–Kier alpha value is -2.43. The van der Waals surface area contributed by atoms with Gasteiger partial charge in [0, 0.05) is 19.1 Å². The molecule has 0 radical (unpaired) electrons. The van der Waals surface area contributed by atoms with Crippen LogP contribution in [0.15, 0.2) is 58.3 Å². The molecule has 3 rings (SSSR count). The molecule has 156 valence electrons. The largest absolute Gasteiger partial charge is 0.416 e. The van der Waals surface area contributed by atoms with Gasteiger partial charge in [0.25, 0.3) is 0 Å². The molecule has 0 aromatic heterocycles. The quantitative estimate of drug-likeness (QED) is 0.676. The summed E-state index contributed by atoms with van der Waals surface area (Å²) < 4.78 is 64.8. The number of nitrogens with one attached hydrogen (secondary N) is 2. The van der Waals surface area contributed by atoms with Gasteiger partial charge >= 0.3 is 6.18 Å². The summed E-state index contributed by atoms with van der Waals surface area (Å²) in [6.45, 7) is 0.430. The smallest absolute Gasteiger partial charge is 0.351 e. The molecule has 2 aromatic carbocycles. The second-order valence-electron chi connectivity index (χ2n) is 6.81. The Labute approximate surface area is 166 Å². The maximum atomic E-state index is 13.0. The second-order valence-corrected chi connectivity index (χ2v) is 8.73. The zero-order valence-electron chi connectivity index (χ0n) is 15.2. The van der Waals surface area contributed by atoms with Crippen molar-refractivity contribution in [3.8, 4) is 0 Å². The number of carbonyl (C=O) groups is 1. The number of benzene rings is 2. The monoisotopic (exact) mass is 427 g/mol. The van der Waals surface area contributed by atoms with Crippen LogP contribution in [-0.2, 0) is 27.4 Å². The summed E-state index contributed by atoms with van der Waals surface area (Å²) in [7, 11) is -4.22. The maximum absolute atomic E-state index is 13.0. The molecule has 29 heavy (non-hydrogen) atoms. The van der Waals surface area contributed by atoms with Crippen molar-refractivity contribution in [3.05, 3.63) is 59.7 Å². The van der Waals surface area contributed by atoms with Crippen LogP contribution in [0.3, 0.4) is 0 Å². The van der Waals surface area contributed by atoms with Gasteiger partial charge in [-0.3, -0.25) is 4.79 Å². The van der Waals surface area contributed by atoms with Crippen molar-refractivity contribution < 1.29 is 26.4 Å². The van der Waals surface area contributed by atoms with E-state index in [-0.39, 0.29) is 29.0 Å². The number of carbonyl (C=O) groups excluding carboxylic acids is 1. The molecule has 0 spiro atoms. The third kappa shape index (κ3) is 4.77. The van der Waals surface area contributed by atoms with E-state index in [1.807, 2.05) is 0 Å². The summed E-state index contributed by atoms with van der Waals surface area (Å²) in [5, 5.41) is 5.63. The second kappa shape index (κ2) is 8.13. The van der Waals surface area contributed by atoms with Gasteiger partial charge in [0.15, 0.2) is 0 Å². The minimum absolute atomic E-state index is 0.0827. The summed E-state index contributed by atoms with van der Waals surface area (Å²) >= 11 is 0. The summed E-state index contributed by atoms with van der Waals surface area (Å²) in [4.78, 5) is 11.6. The fourth-order valence-electron chi connectivity index (χ4n) is 3.15. The first-order valence-electron chi connectivity index (χ1n) is 8.86. The Morgan fingerprint density at radius 1 is 1.17 bits per heavy atom. The lowest BCUT2D eigenvalue weighted by atomic mass is 10.1. The number of rotatable bonds is 5. The summed E-state index contributed by atoms with van der Waals surface area (Å²) in [6, 6.07) is 8.88. The summed E-state index contributed by atoms with van der Waals surface area (Å²) in [5.41, 5.74) is 4.99. The van der Waals surface area contributed by atoms with Crippen molar-refractivity contribution in [1.82, 2.24) is 10.6 Å². The van der Waals surface area contributed by atoms with Gasteiger partial charge in [0.05, 0.1) is 21.4 Å². The van der Waals surface area contributed by atoms with Crippen molar-refractivity contribution in [1.29, 1.82) is 0 Å². The molecule has 0 aliphatic carbocycles. The Kier molecular flexibility index (Phi) is 5.97. The Morgan fingerprint density at radius 2 is 1.90 bits per heavy atom. The molecule has 0 bridgehead atoms. The number of hydrogen-bond acceptors (Lipinski definition) is 5. The molecule has 1 heterocycles. The molecule has 1 aliphatic heterocycles. The molecule has 2 aromatic rings. The minimum atomic E-state index is -4.66. The third-order valence-corrected chi connectivity index (χ3v) is 6.52. The van der Waals surface area contributed by atoms with Gasteiger partial charge in [0.2, 0.25) is 15.7 Å². The van der Waals surface area contributed by atoms with E-state index in [2.05, 4.69) is 10.6 Å². The highest BCUT2D eigenvalue weighted by Gasteiger charge is 2.32. The van der Waals surface area contributed by atoms with E-state index < -0.39 is 32.5 Å². The minimum Gasteiger partial charge on any atom is -0.351 e. The number of alkyl halides is 3. The van der Waals surface area contributed by atoms with Crippen molar-refractivity contribution in [2.45, 2.75) is 41.0 Å². The molecular weight excluding hydrogens is 407 g/mol.